The lowest BCUT2D eigenvalue weighted by Crippen LogP contribution is -2.41. The van der Waals surface area contributed by atoms with Gasteiger partial charge in [0.05, 0.1) is 17.6 Å². The number of hydrogen-bond acceptors (Lipinski definition) is 3. The van der Waals surface area contributed by atoms with Gasteiger partial charge < -0.3 is 10.6 Å². The van der Waals surface area contributed by atoms with Gasteiger partial charge in [0.1, 0.15) is 0 Å². The van der Waals surface area contributed by atoms with Gasteiger partial charge in [-0.3, -0.25) is 14.7 Å². The maximum absolute atomic E-state index is 12.5. The van der Waals surface area contributed by atoms with E-state index >= 15 is 0 Å². The maximum atomic E-state index is 12.5. The van der Waals surface area contributed by atoms with Crippen molar-refractivity contribution in [2.75, 3.05) is 13.1 Å². The summed E-state index contributed by atoms with van der Waals surface area (Å²) in [5.41, 5.74) is 6.98. The number of nitrogens with two attached hydrogens (primary N) is 1. The Labute approximate surface area is 128 Å². The van der Waals surface area contributed by atoms with Crippen molar-refractivity contribution in [2.24, 2.45) is 11.7 Å². The molecule has 0 radical (unpaired) electrons. The Bertz CT molecular complexity index is 694. The second-order valence-corrected chi connectivity index (χ2v) is 5.91. The number of para-hydroxylation sites is 1. The van der Waals surface area contributed by atoms with Crippen LogP contribution in [0.2, 0.25) is 0 Å². The molecule has 2 amide bonds. The van der Waals surface area contributed by atoms with Crippen LogP contribution in [0.25, 0.3) is 10.9 Å². The summed E-state index contributed by atoms with van der Waals surface area (Å²) in [5.74, 6) is -0.0313. The second kappa shape index (κ2) is 6.17. The third-order valence-corrected chi connectivity index (χ3v) is 4.23. The predicted octanol–water partition coefficient (Wildman–Crippen LogP) is 1.22. The SMILES string of the molecule is NC(=O)CC1CCCN(C(=O)Cc2[nH]nc3ccccc23)C1. The zero-order valence-electron chi connectivity index (χ0n) is 12.4. The predicted molar refractivity (Wildman–Crippen MR) is 82.9 cm³/mol. The highest BCUT2D eigenvalue weighted by atomic mass is 16.2. The molecule has 1 saturated heterocycles. The van der Waals surface area contributed by atoms with Crippen LogP contribution in [-0.4, -0.2) is 40.0 Å². The van der Waals surface area contributed by atoms with Crippen LogP contribution in [0.3, 0.4) is 0 Å². The molecule has 2 heterocycles. The molecule has 0 aliphatic carbocycles. The summed E-state index contributed by atoms with van der Waals surface area (Å²) in [6.45, 7) is 1.37. The van der Waals surface area contributed by atoms with Crippen molar-refractivity contribution in [3.05, 3.63) is 30.0 Å². The zero-order valence-corrected chi connectivity index (χ0v) is 12.4. The van der Waals surface area contributed by atoms with Crippen LogP contribution >= 0.6 is 0 Å². The molecule has 1 aromatic carbocycles. The van der Waals surface area contributed by atoms with E-state index in [1.807, 2.05) is 29.2 Å². The summed E-state index contributed by atoms with van der Waals surface area (Å²) in [7, 11) is 0. The van der Waals surface area contributed by atoms with Crippen molar-refractivity contribution in [3.63, 3.8) is 0 Å². The molecule has 116 valence electrons. The summed E-state index contributed by atoms with van der Waals surface area (Å²) in [6.07, 6.45) is 2.55. The quantitative estimate of drug-likeness (QED) is 0.889. The number of rotatable bonds is 4. The Morgan fingerprint density at radius 1 is 1.36 bits per heavy atom. The van der Waals surface area contributed by atoms with Gasteiger partial charge in [-0.15, -0.1) is 0 Å². The first-order valence-electron chi connectivity index (χ1n) is 7.61. The minimum Gasteiger partial charge on any atom is -0.370 e. The number of carbonyl (C=O) groups is 2. The van der Waals surface area contributed by atoms with Crippen molar-refractivity contribution < 1.29 is 9.59 Å². The minimum absolute atomic E-state index is 0.0728. The number of likely N-dealkylation sites (tertiary alicyclic amines) is 1. The Morgan fingerprint density at radius 3 is 3.00 bits per heavy atom. The van der Waals surface area contributed by atoms with Gasteiger partial charge in [-0.05, 0) is 24.8 Å². The van der Waals surface area contributed by atoms with Gasteiger partial charge in [0.15, 0.2) is 0 Å². The molecule has 1 fully saturated rings. The van der Waals surface area contributed by atoms with Crippen LogP contribution in [0.5, 0.6) is 0 Å². The molecule has 1 aromatic heterocycles. The minimum atomic E-state index is -0.293. The molecule has 2 aromatic rings. The van der Waals surface area contributed by atoms with E-state index in [0.717, 1.165) is 36.0 Å². The average molecular weight is 300 g/mol. The summed E-state index contributed by atoms with van der Waals surface area (Å²) in [5, 5.41) is 8.16. The lowest BCUT2D eigenvalue weighted by atomic mass is 9.94. The molecular formula is C16H20N4O2. The molecule has 1 aliphatic heterocycles. The number of aromatic amines is 1. The fourth-order valence-electron chi connectivity index (χ4n) is 3.15. The van der Waals surface area contributed by atoms with E-state index in [-0.39, 0.29) is 17.7 Å². The van der Waals surface area contributed by atoms with Gasteiger partial charge >= 0.3 is 0 Å². The number of nitrogens with one attached hydrogen (secondary N) is 1. The molecule has 0 bridgehead atoms. The average Bonchev–Trinajstić information content (AvgIpc) is 2.90. The molecular weight excluding hydrogens is 280 g/mol. The number of benzene rings is 1. The molecule has 6 heteroatoms. The highest BCUT2D eigenvalue weighted by molar-refractivity contribution is 5.87. The molecule has 6 nitrogen and oxygen atoms in total. The smallest absolute Gasteiger partial charge is 0.228 e. The second-order valence-electron chi connectivity index (χ2n) is 5.91. The van der Waals surface area contributed by atoms with Crippen molar-refractivity contribution >= 4 is 22.7 Å². The Balaban J connectivity index is 1.67. The first kappa shape index (κ1) is 14.6. The topological polar surface area (TPSA) is 92.1 Å². The number of carbonyl (C=O) groups excluding carboxylic acids is 2. The molecule has 1 aliphatic rings. The highest BCUT2D eigenvalue weighted by Crippen LogP contribution is 2.21. The summed E-state index contributed by atoms with van der Waals surface area (Å²) < 4.78 is 0. The van der Waals surface area contributed by atoms with Crippen molar-refractivity contribution in [1.82, 2.24) is 15.1 Å². The number of aromatic nitrogens is 2. The van der Waals surface area contributed by atoms with E-state index in [0.29, 0.717) is 19.4 Å². The number of nitrogens with zero attached hydrogens (tertiary/aromatic N) is 2. The summed E-state index contributed by atoms with van der Waals surface area (Å²) in [4.78, 5) is 25.4. The van der Waals surface area contributed by atoms with Gasteiger partial charge in [-0.25, -0.2) is 0 Å². The van der Waals surface area contributed by atoms with Gasteiger partial charge in [0.25, 0.3) is 0 Å². The normalized spacial score (nSPS) is 18.5. The van der Waals surface area contributed by atoms with Gasteiger partial charge in [-0.2, -0.15) is 5.10 Å². The van der Waals surface area contributed by atoms with Crippen LogP contribution in [0.4, 0.5) is 0 Å². The van der Waals surface area contributed by atoms with Crippen LogP contribution in [0.15, 0.2) is 24.3 Å². The van der Waals surface area contributed by atoms with E-state index in [2.05, 4.69) is 10.2 Å². The molecule has 3 N–H and O–H groups in total. The third-order valence-electron chi connectivity index (χ3n) is 4.23. The first-order valence-corrected chi connectivity index (χ1v) is 7.61. The van der Waals surface area contributed by atoms with Crippen LogP contribution in [-0.2, 0) is 16.0 Å². The molecule has 3 rings (SSSR count). The van der Waals surface area contributed by atoms with Crippen LogP contribution in [0, 0.1) is 5.92 Å². The van der Waals surface area contributed by atoms with Crippen LogP contribution in [0.1, 0.15) is 25.0 Å². The third kappa shape index (κ3) is 3.10. The van der Waals surface area contributed by atoms with Crippen molar-refractivity contribution in [2.45, 2.75) is 25.7 Å². The summed E-state index contributed by atoms with van der Waals surface area (Å²) in [6, 6.07) is 7.75. The van der Waals surface area contributed by atoms with E-state index in [4.69, 9.17) is 5.73 Å². The molecule has 0 spiro atoms. The van der Waals surface area contributed by atoms with E-state index in [1.165, 1.54) is 0 Å². The fraction of sp³-hybridized carbons (Fsp3) is 0.438. The monoisotopic (exact) mass is 300 g/mol. The number of fused-ring (bicyclic) bond motifs is 1. The van der Waals surface area contributed by atoms with Gasteiger partial charge in [-0.1, -0.05) is 18.2 Å². The maximum Gasteiger partial charge on any atom is 0.228 e. The summed E-state index contributed by atoms with van der Waals surface area (Å²) >= 11 is 0. The Kier molecular flexibility index (Phi) is 4.09. The van der Waals surface area contributed by atoms with Gasteiger partial charge in [0.2, 0.25) is 11.8 Å². The number of primary amides is 1. The van der Waals surface area contributed by atoms with E-state index in [9.17, 15) is 9.59 Å². The van der Waals surface area contributed by atoms with Crippen molar-refractivity contribution in [3.8, 4) is 0 Å². The highest BCUT2D eigenvalue weighted by Gasteiger charge is 2.25. The lowest BCUT2D eigenvalue weighted by Gasteiger charge is -2.32. The Morgan fingerprint density at radius 2 is 2.18 bits per heavy atom. The van der Waals surface area contributed by atoms with E-state index in [1.54, 1.807) is 0 Å². The number of hydrogen-bond donors (Lipinski definition) is 2. The number of piperidine rings is 1. The lowest BCUT2D eigenvalue weighted by molar-refractivity contribution is -0.133. The largest absolute Gasteiger partial charge is 0.370 e. The first-order chi connectivity index (χ1) is 10.6. The zero-order chi connectivity index (χ0) is 15.5. The van der Waals surface area contributed by atoms with E-state index < -0.39 is 0 Å². The number of amides is 2. The molecule has 0 saturated carbocycles. The van der Waals surface area contributed by atoms with Gasteiger partial charge in [0, 0.05) is 24.9 Å². The molecule has 1 atom stereocenters. The van der Waals surface area contributed by atoms with Crippen molar-refractivity contribution in [1.29, 1.82) is 0 Å². The fourth-order valence-corrected chi connectivity index (χ4v) is 3.15. The standard InChI is InChI=1S/C16H20N4O2/c17-15(21)8-11-4-3-7-20(10-11)16(22)9-14-12-5-1-2-6-13(12)18-19-14/h1-2,5-6,11H,3-4,7-10H2,(H2,17,21)(H,18,19). The molecule has 22 heavy (non-hydrogen) atoms. The number of H-pyrrole nitrogens is 1. The van der Waals surface area contributed by atoms with Crippen LogP contribution < -0.4 is 5.73 Å². The Hall–Kier alpha value is -2.37. The molecule has 1 unspecified atom stereocenters.